The van der Waals surface area contributed by atoms with Gasteiger partial charge in [-0.2, -0.15) is 10.2 Å². The fraction of sp³-hybridized carbons (Fsp3) is 0.556. The van der Waals surface area contributed by atoms with Gasteiger partial charge in [0.1, 0.15) is 6.04 Å². The second kappa shape index (κ2) is 4.65. The number of thiol groups is 2. The largest absolute Gasteiger partial charge is 0.345 e. The molecular formula is C9H12N4O3S2. The van der Waals surface area contributed by atoms with Crippen molar-refractivity contribution in [3.05, 3.63) is 17.5 Å². The van der Waals surface area contributed by atoms with Gasteiger partial charge in [-0.1, -0.05) is 0 Å². The number of urea groups is 1. The Morgan fingerprint density at radius 1 is 1.50 bits per heavy atom. The van der Waals surface area contributed by atoms with Crippen molar-refractivity contribution in [1.82, 2.24) is 19.7 Å². The predicted octanol–water partition coefficient (Wildman–Crippen LogP) is 0.813. The third kappa shape index (κ3) is 1.69. The molecule has 0 spiro atoms. The van der Waals surface area contributed by atoms with Gasteiger partial charge in [0.25, 0.3) is 0 Å². The zero-order valence-corrected chi connectivity index (χ0v) is 11.2. The summed E-state index contributed by atoms with van der Waals surface area (Å²) in [5.41, 5.74) is 2.02. The highest BCUT2D eigenvalue weighted by Gasteiger charge is 2.45. The lowest BCUT2D eigenvalue weighted by molar-refractivity contribution is -0.00366. The van der Waals surface area contributed by atoms with Crippen molar-refractivity contribution < 1.29 is 13.3 Å². The van der Waals surface area contributed by atoms with Crippen LogP contribution in [0.1, 0.15) is 17.3 Å². The molecule has 1 atom stereocenters. The smallest absolute Gasteiger partial charge is 0.317 e. The van der Waals surface area contributed by atoms with Gasteiger partial charge < -0.3 is 9.08 Å². The third-order valence-electron chi connectivity index (χ3n) is 3.30. The summed E-state index contributed by atoms with van der Waals surface area (Å²) >= 11 is 7.44. The first-order chi connectivity index (χ1) is 8.76. The number of nitrogens with zero attached hydrogens (tertiary/aromatic N) is 4. The maximum absolute atomic E-state index is 11.9. The number of carbonyl (C=O) groups is 1. The molecule has 2 aliphatic rings. The topological polar surface area (TPSA) is 59.8 Å². The Morgan fingerprint density at radius 2 is 2.33 bits per heavy atom. The Bertz CT molecular complexity index is 480. The monoisotopic (exact) mass is 288 g/mol. The molecule has 0 N–H and O–H groups in total. The molecule has 98 valence electrons. The first-order valence-corrected chi connectivity index (χ1v) is 6.20. The number of rotatable bonds is 4. The summed E-state index contributed by atoms with van der Waals surface area (Å²) in [4.78, 5) is 13.6. The molecule has 9 heteroatoms. The first-order valence-electron chi connectivity index (χ1n) is 5.47. The van der Waals surface area contributed by atoms with E-state index in [1.54, 1.807) is 11.1 Å². The Hall–Kier alpha value is -0.900. The second-order valence-electron chi connectivity index (χ2n) is 4.19. The van der Waals surface area contributed by atoms with E-state index in [1.807, 2.05) is 4.68 Å². The summed E-state index contributed by atoms with van der Waals surface area (Å²) in [7, 11) is 0. The zero-order valence-electron chi connectivity index (χ0n) is 9.39. The summed E-state index contributed by atoms with van der Waals surface area (Å²) in [6.45, 7) is 2.21. The average molecular weight is 288 g/mol. The Morgan fingerprint density at radius 3 is 3.06 bits per heavy atom. The maximum Gasteiger partial charge on any atom is 0.345 e. The number of hydroxylamine groups is 2. The van der Waals surface area contributed by atoms with Gasteiger partial charge in [0.05, 0.1) is 38.1 Å². The summed E-state index contributed by atoms with van der Waals surface area (Å²) in [5, 5.41) is 5.58. The molecule has 7 nitrogen and oxygen atoms in total. The fourth-order valence-corrected chi connectivity index (χ4v) is 2.72. The normalized spacial score (nSPS) is 21.7. The van der Waals surface area contributed by atoms with E-state index < -0.39 is 0 Å². The molecule has 1 aromatic rings. The molecule has 1 fully saturated rings. The number of carbonyl (C=O) groups excluding carboxylic acids is 1. The van der Waals surface area contributed by atoms with Crippen LogP contribution in [0.3, 0.4) is 0 Å². The molecule has 2 bridgehead atoms. The number of aromatic nitrogens is 2. The minimum Gasteiger partial charge on any atom is -0.317 e. The van der Waals surface area contributed by atoms with Crippen LogP contribution >= 0.6 is 25.8 Å². The fourth-order valence-electron chi connectivity index (χ4n) is 2.46. The molecule has 0 saturated carbocycles. The Balaban J connectivity index is 1.92. The lowest BCUT2D eigenvalue weighted by atomic mass is 10.1. The standard InChI is InChI=1S/C9H12N4O3S2/c14-9-11-4-7-6(8(5-11)13(9)16-18)3-10-12(7)1-2-15-17/h3,8,17-18H,1-2,4-5H2. The average Bonchev–Trinajstić information content (AvgIpc) is 2.89. The van der Waals surface area contributed by atoms with E-state index in [0.29, 0.717) is 26.2 Å². The molecule has 2 amide bonds. The van der Waals surface area contributed by atoms with Crippen molar-refractivity contribution in [2.24, 2.45) is 0 Å². The van der Waals surface area contributed by atoms with Crippen LogP contribution in [0.5, 0.6) is 0 Å². The van der Waals surface area contributed by atoms with E-state index in [2.05, 4.69) is 30.9 Å². The van der Waals surface area contributed by atoms with Crippen molar-refractivity contribution in [2.75, 3.05) is 13.2 Å². The van der Waals surface area contributed by atoms with E-state index in [-0.39, 0.29) is 12.1 Å². The van der Waals surface area contributed by atoms with Crippen LogP contribution in [-0.4, -0.2) is 38.9 Å². The quantitative estimate of drug-likeness (QED) is 0.636. The third-order valence-corrected chi connectivity index (χ3v) is 3.66. The van der Waals surface area contributed by atoms with Crippen LogP contribution in [0.25, 0.3) is 0 Å². The van der Waals surface area contributed by atoms with E-state index >= 15 is 0 Å². The molecule has 3 heterocycles. The molecule has 0 radical (unpaired) electrons. The van der Waals surface area contributed by atoms with Crippen molar-refractivity contribution in [1.29, 1.82) is 0 Å². The number of fused-ring (bicyclic) bond motifs is 4. The van der Waals surface area contributed by atoms with E-state index in [1.165, 1.54) is 5.06 Å². The van der Waals surface area contributed by atoms with Crippen LogP contribution < -0.4 is 0 Å². The van der Waals surface area contributed by atoms with Gasteiger partial charge in [-0.15, -0.1) is 0 Å². The van der Waals surface area contributed by atoms with Gasteiger partial charge in [0.2, 0.25) is 0 Å². The van der Waals surface area contributed by atoms with Crippen molar-refractivity contribution in [3.8, 4) is 0 Å². The Kier molecular flexibility index (Phi) is 3.14. The van der Waals surface area contributed by atoms with Crippen molar-refractivity contribution >= 4 is 31.9 Å². The molecular weight excluding hydrogens is 276 g/mol. The number of amides is 2. The lowest BCUT2D eigenvalue weighted by Gasteiger charge is -2.22. The highest BCUT2D eigenvalue weighted by atomic mass is 32.1. The van der Waals surface area contributed by atoms with Crippen LogP contribution in [0, 0.1) is 0 Å². The zero-order chi connectivity index (χ0) is 12.7. The van der Waals surface area contributed by atoms with Gasteiger partial charge in [-0.05, 0) is 12.9 Å². The number of hydrogen-bond donors (Lipinski definition) is 2. The van der Waals surface area contributed by atoms with Gasteiger partial charge in [0.15, 0.2) is 0 Å². The van der Waals surface area contributed by atoms with Crippen molar-refractivity contribution in [2.45, 2.75) is 19.1 Å². The van der Waals surface area contributed by atoms with Crippen LogP contribution in [0.2, 0.25) is 0 Å². The van der Waals surface area contributed by atoms with Crippen LogP contribution in [0.4, 0.5) is 4.79 Å². The summed E-state index contributed by atoms with van der Waals surface area (Å²) in [6, 6.07) is -0.299. The molecule has 0 aliphatic carbocycles. The highest BCUT2D eigenvalue weighted by molar-refractivity contribution is 7.75. The van der Waals surface area contributed by atoms with E-state index in [9.17, 15) is 4.79 Å². The van der Waals surface area contributed by atoms with Gasteiger partial charge in [0, 0.05) is 18.5 Å². The minimum absolute atomic E-state index is 0.135. The van der Waals surface area contributed by atoms with Crippen LogP contribution in [0.15, 0.2) is 6.20 Å². The summed E-state index contributed by atoms with van der Waals surface area (Å²) < 4.78 is 11.4. The van der Waals surface area contributed by atoms with Crippen LogP contribution in [-0.2, 0) is 21.6 Å². The SMILES string of the molecule is O=C1N2Cc3c(cnn3CCOS)C(C2)N1OS. The molecule has 3 rings (SSSR count). The number of hydrogen-bond acceptors (Lipinski definition) is 6. The van der Waals surface area contributed by atoms with Gasteiger partial charge >= 0.3 is 6.03 Å². The summed E-state index contributed by atoms with van der Waals surface area (Å²) in [5.74, 6) is 0. The predicted molar refractivity (Wildman–Crippen MR) is 67.6 cm³/mol. The molecule has 0 aromatic carbocycles. The first kappa shape index (κ1) is 12.2. The molecule has 2 aliphatic heterocycles. The summed E-state index contributed by atoms with van der Waals surface area (Å²) in [6.07, 6.45) is 1.77. The molecule has 1 saturated heterocycles. The molecule has 18 heavy (non-hydrogen) atoms. The minimum atomic E-state index is -0.164. The van der Waals surface area contributed by atoms with E-state index in [4.69, 9.17) is 8.47 Å². The maximum atomic E-state index is 11.9. The lowest BCUT2D eigenvalue weighted by Crippen LogP contribution is -2.30. The highest BCUT2D eigenvalue weighted by Crippen LogP contribution is 2.37. The molecule has 1 aromatic heterocycles. The van der Waals surface area contributed by atoms with Gasteiger partial charge in [-0.25, -0.2) is 9.08 Å². The Labute approximate surface area is 115 Å². The van der Waals surface area contributed by atoms with Crippen molar-refractivity contribution in [3.63, 3.8) is 0 Å². The van der Waals surface area contributed by atoms with E-state index in [0.717, 1.165) is 11.3 Å². The molecule has 1 unspecified atom stereocenters. The van der Waals surface area contributed by atoms with Gasteiger partial charge in [-0.3, -0.25) is 4.68 Å². The second-order valence-corrected chi connectivity index (χ2v) is 4.61.